The Morgan fingerprint density at radius 2 is 1.93 bits per heavy atom. The van der Waals surface area contributed by atoms with Crippen molar-refractivity contribution in [1.82, 2.24) is 10.8 Å². The van der Waals surface area contributed by atoms with Gasteiger partial charge in [-0.15, -0.1) is 0 Å². The molecule has 15 heavy (non-hydrogen) atoms. The van der Waals surface area contributed by atoms with E-state index in [1.165, 1.54) is 0 Å². The Morgan fingerprint density at radius 1 is 1.27 bits per heavy atom. The first kappa shape index (κ1) is 14.3. The molecule has 0 aliphatic heterocycles. The van der Waals surface area contributed by atoms with Gasteiger partial charge in [-0.2, -0.15) is 5.48 Å². The fourth-order valence-electron chi connectivity index (χ4n) is 0.960. The van der Waals surface area contributed by atoms with Gasteiger partial charge >= 0.3 is 0 Å². The number of nitrogens with one attached hydrogen (secondary N) is 2. The topological polar surface area (TPSA) is 59.6 Å². The van der Waals surface area contributed by atoms with Crippen molar-refractivity contribution in [2.24, 2.45) is 5.92 Å². The van der Waals surface area contributed by atoms with E-state index in [0.29, 0.717) is 19.1 Å². The van der Waals surface area contributed by atoms with E-state index in [2.05, 4.69) is 10.8 Å². The molecule has 0 heterocycles. The SMILES string of the molecule is COCC(C)NC(=O)CNOCC(C)C. The van der Waals surface area contributed by atoms with Crippen molar-refractivity contribution >= 4 is 5.91 Å². The van der Waals surface area contributed by atoms with Gasteiger partial charge in [-0.25, -0.2) is 0 Å². The molecule has 90 valence electrons. The zero-order valence-corrected chi connectivity index (χ0v) is 10.0. The van der Waals surface area contributed by atoms with Crippen molar-refractivity contribution in [3.63, 3.8) is 0 Å². The summed E-state index contributed by atoms with van der Waals surface area (Å²) in [4.78, 5) is 16.3. The maximum atomic E-state index is 11.3. The van der Waals surface area contributed by atoms with Crippen LogP contribution in [0.15, 0.2) is 0 Å². The van der Waals surface area contributed by atoms with Crippen LogP contribution in [0.5, 0.6) is 0 Å². The van der Waals surface area contributed by atoms with Crippen LogP contribution < -0.4 is 10.8 Å². The van der Waals surface area contributed by atoms with Gasteiger partial charge in [-0.05, 0) is 12.8 Å². The highest BCUT2D eigenvalue weighted by atomic mass is 16.6. The summed E-state index contributed by atoms with van der Waals surface area (Å²) < 4.78 is 4.90. The van der Waals surface area contributed by atoms with E-state index in [1.807, 2.05) is 20.8 Å². The van der Waals surface area contributed by atoms with Crippen molar-refractivity contribution in [3.8, 4) is 0 Å². The number of hydrogen-bond donors (Lipinski definition) is 2. The average Bonchev–Trinajstić information content (AvgIpc) is 2.12. The highest BCUT2D eigenvalue weighted by molar-refractivity contribution is 5.78. The fourth-order valence-corrected chi connectivity index (χ4v) is 0.960. The Balaban J connectivity index is 3.40. The molecule has 0 spiro atoms. The predicted octanol–water partition coefficient (Wildman–Crippen LogP) is 0.315. The highest BCUT2D eigenvalue weighted by Crippen LogP contribution is 1.89. The second-order valence-electron chi connectivity index (χ2n) is 3.95. The lowest BCUT2D eigenvalue weighted by molar-refractivity contribution is -0.124. The van der Waals surface area contributed by atoms with Crippen LogP contribution in [0.4, 0.5) is 0 Å². The normalized spacial score (nSPS) is 12.9. The van der Waals surface area contributed by atoms with E-state index >= 15 is 0 Å². The molecule has 0 rings (SSSR count). The van der Waals surface area contributed by atoms with Gasteiger partial charge in [0.1, 0.15) is 0 Å². The number of rotatable bonds is 8. The molecular formula is C10H22N2O3. The lowest BCUT2D eigenvalue weighted by Crippen LogP contribution is -2.41. The van der Waals surface area contributed by atoms with Gasteiger partial charge < -0.3 is 14.9 Å². The zero-order valence-electron chi connectivity index (χ0n) is 10.0. The molecule has 0 fully saturated rings. The van der Waals surface area contributed by atoms with Crippen LogP contribution in [-0.4, -0.2) is 38.8 Å². The third kappa shape index (κ3) is 9.65. The second-order valence-corrected chi connectivity index (χ2v) is 3.95. The Morgan fingerprint density at radius 3 is 2.47 bits per heavy atom. The van der Waals surface area contributed by atoms with Crippen molar-refractivity contribution < 1.29 is 14.4 Å². The summed E-state index contributed by atoms with van der Waals surface area (Å²) in [6.07, 6.45) is 0. The summed E-state index contributed by atoms with van der Waals surface area (Å²) in [7, 11) is 1.60. The standard InChI is InChI=1S/C10H22N2O3/c1-8(2)6-15-11-5-10(13)12-9(3)7-14-4/h8-9,11H,5-7H2,1-4H3,(H,12,13). The molecule has 5 nitrogen and oxygen atoms in total. The molecule has 1 unspecified atom stereocenters. The quantitative estimate of drug-likeness (QED) is 0.455. The monoisotopic (exact) mass is 218 g/mol. The van der Waals surface area contributed by atoms with E-state index in [4.69, 9.17) is 9.57 Å². The first-order valence-electron chi connectivity index (χ1n) is 5.19. The molecule has 0 radical (unpaired) electrons. The van der Waals surface area contributed by atoms with Gasteiger partial charge in [0, 0.05) is 13.2 Å². The summed E-state index contributed by atoms with van der Waals surface area (Å²) in [5.41, 5.74) is 2.61. The molecule has 2 N–H and O–H groups in total. The molecule has 1 amide bonds. The third-order valence-electron chi connectivity index (χ3n) is 1.58. The van der Waals surface area contributed by atoms with Gasteiger partial charge in [0.25, 0.3) is 0 Å². The minimum atomic E-state index is -0.0942. The molecular weight excluding hydrogens is 196 g/mol. The van der Waals surface area contributed by atoms with E-state index in [0.717, 1.165) is 0 Å². The predicted molar refractivity (Wildman–Crippen MR) is 58.3 cm³/mol. The third-order valence-corrected chi connectivity index (χ3v) is 1.58. The van der Waals surface area contributed by atoms with Crippen LogP contribution in [0.3, 0.4) is 0 Å². The van der Waals surface area contributed by atoms with E-state index in [9.17, 15) is 4.79 Å². The van der Waals surface area contributed by atoms with E-state index in [1.54, 1.807) is 7.11 Å². The molecule has 0 aromatic rings. The first-order valence-corrected chi connectivity index (χ1v) is 5.19. The first-order chi connectivity index (χ1) is 7.06. The molecule has 5 heteroatoms. The van der Waals surface area contributed by atoms with E-state index in [-0.39, 0.29) is 18.5 Å². The fraction of sp³-hybridized carbons (Fsp3) is 0.900. The Labute approximate surface area is 91.5 Å². The summed E-state index contributed by atoms with van der Waals surface area (Å²) in [5, 5.41) is 2.76. The largest absolute Gasteiger partial charge is 0.383 e. The van der Waals surface area contributed by atoms with E-state index < -0.39 is 0 Å². The number of hydroxylamine groups is 1. The molecule has 0 aliphatic carbocycles. The molecule has 0 bridgehead atoms. The molecule has 0 aromatic carbocycles. The Hall–Kier alpha value is -0.650. The van der Waals surface area contributed by atoms with Crippen LogP contribution in [0.2, 0.25) is 0 Å². The number of methoxy groups -OCH3 is 1. The van der Waals surface area contributed by atoms with Crippen LogP contribution in [-0.2, 0) is 14.4 Å². The van der Waals surface area contributed by atoms with Gasteiger partial charge in [-0.1, -0.05) is 13.8 Å². The van der Waals surface area contributed by atoms with Crippen molar-refractivity contribution in [2.75, 3.05) is 26.9 Å². The zero-order chi connectivity index (χ0) is 11.7. The minimum Gasteiger partial charge on any atom is -0.383 e. The highest BCUT2D eigenvalue weighted by Gasteiger charge is 2.06. The maximum absolute atomic E-state index is 11.3. The smallest absolute Gasteiger partial charge is 0.236 e. The molecule has 0 saturated heterocycles. The molecule has 0 saturated carbocycles. The average molecular weight is 218 g/mol. The molecule has 1 atom stereocenters. The van der Waals surface area contributed by atoms with Crippen LogP contribution >= 0.6 is 0 Å². The van der Waals surface area contributed by atoms with Crippen molar-refractivity contribution in [1.29, 1.82) is 0 Å². The summed E-state index contributed by atoms with van der Waals surface area (Å²) in [6, 6.07) is 0.0226. The molecule has 0 aromatic heterocycles. The number of amides is 1. The Kier molecular flexibility index (Phi) is 8.27. The summed E-state index contributed by atoms with van der Waals surface area (Å²) >= 11 is 0. The number of hydrogen-bond acceptors (Lipinski definition) is 4. The summed E-state index contributed by atoms with van der Waals surface area (Å²) in [5.74, 6) is 0.358. The van der Waals surface area contributed by atoms with Gasteiger partial charge in [0.05, 0.1) is 19.8 Å². The number of carbonyl (C=O) groups excluding carboxylic acids is 1. The lowest BCUT2D eigenvalue weighted by atomic mass is 10.2. The second kappa shape index (κ2) is 8.64. The number of carbonyl (C=O) groups is 1. The van der Waals surface area contributed by atoms with Gasteiger partial charge in [0.2, 0.25) is 5.91 Å². The number of ether oxygens (including phenoxy) is 1. The van der Waals surface area contributed by atoms with Crippen LogP contribution in [0.25, 0.3) is 0 Å². The maximum Gasteiger partial charge on any atom is 0.236 e. The lowest BCUT2D eigenvalue weighted by Gasteiger charge is -2.13. The van der Waals surface area contributed by atoms with Crippen LogP contribution in [0, 0.1) is 5.92 Å². The van der Waals surface area contributed by atoms with Gasteiger partial charge in [0.15, 0.2) is 0 Å². The summed E-state index contributed by atoms with van der Waals surface area (Å²) in [6.45, 7) is 7.25. The van der Waals surface area contributed by atoms with Gasteiger partial charge in [-0.3, -0.25) is 4.79 Å². The minimum absolute atomic E-state index is 0.0226. The van der Waals surface area contributed by atoms with Crippen molar-refractivity contribution in [2.45, 2.75) is 26.8 Å². The van der Waals surface area contributed by atoms with Crippen molar-refractivity contribution in [3.05, 3.63) is 0 Å². The molecule has 0 aliphatic rings. The Bertz CT molecular complexity index is 174. The van der Waals surface area contributed by atoms with Crippen LogP contribution in [0.1, 0.15) is 20.8 Å².